The van der Waals surface area contributed by atoms with Gasteiger partial charge in [-0.3, -0.25) is 0 Å². The average Bonchev–Trinajstić information content (AvgIpc) is 2.44. The Balaban J connectivity index is 2.16. The number of nitrogens with two attached hydrogens (primary N) is 1. The zero-order valence-corrected chi connectivity index (χ0v) is 8.60. The van der Waals surface area contributed by atoms with Gasteiger partial charge in [0.2, 0.25) is 0 Å². The van der Waals surface area contributed by atoms with E-state index in [4.69, 9.17) is 5.73 Å². The number of anilines is 2. The molecule has 3 nitrogen and oxygen atoms in total. The molecule has 1 heterocycles. The normalized spacial score (nSPS) is 11.6. The van der Waals surface area contributed by atoms with Crippen LogP contribution in [0.3, 0.4) is 0 Å². The molecular formula is C6H8F3N3S2. The summed E-state index contributed by atoms with van der Waals surface area (Å²) in [6.07, 6.45) is 0. The molecule has 1 rings (SSSR count). The van der Waals surface area contributed by atoms with Gasteiger partial charge in [0.1, 0.15) is 10.8 Å². The van der Waals surface area contributed by atoms with E-state index in [0.717, 1.165) is 11.5 Å². The summed E-state index contributed by atoms with van der Waals surface area (Å²) in [5, 5.41) is 3.48. The van der Waals surface area contributed by atoms with Gasteiger partial charge in [0.15, 0.2) is 0 Å². The Labute approximate surface area is 87.0 Å². The van der Waals surface area contributed by atoms with Crippen LogP contribution < -0.4 is 11.1 Å². The lowest BCUT2D eigenvalue weighted by molar-refractivity contribution is -0.0327. The summed E-state index contributed by atoms with van der Waals surface area (Å²) in [6.45, 7) is 0.242. The first-order valence-electron chi connectivity index (χ1n) is 3.64. The number of alkyl halides is 3. The number of hydrogen-bond acceptors (Lipinski definition) is 5. The van der Waals surface area contributed by atoms with Crippen molar-refractivity contribution in [3.8, 4) is 0 Å². The van der Waals surface area contributed by atoms with Gasteiger partial charge >= 0.3 is 5.51 Å². The Bertz CT molecular complexity index is 286. The zero-order valence-electron chi connectivity index (χ0n) is 6.97. The van der Waals surface area contributed by atoms with Gasteiger partial charge in [-0.2, -0.15) is 17.5 Å². The van der Waals surface area contributed by atoms with Gasteiger partial charge in [0.25, 0.3) is 0 Å². The van der Waals surface area contributed by atoms with Gasteiger partial charge in [-0.15, -0.1) is 0 Å². The Kier molecular flexibility index (Phi) is 3.87. The Hall–Kier alpha value is -0.630. The van der Waals surface area contributed by atoms with E-state index in [9.17, 15) is 13.2 Å². The molecule has 3 N–H and O–H groups in total. The van der Waals surface area contributed by atoms with Crippen molar-refractivity contribution in [3.05, 3.63) is 6.07 Å². The molecule has 0 saturated heterocycles. The number of aromatic nitrogens is 1. The quantitative estimate of drug-likeness (QED) is 0.797. The smallest absolute Gasteiger partial charge is 0.383 e. The average molecular weight is 243 g/mol. The number of nitrogens with zero attached hydrogens (tertiary/aromatic N) is 1. The number of nitrogen functional groups attached to an aromatic ring is 1. The monoisotopic (exact) mass is 243 g/mol. The van der Waals surface area contributed by atoms with Crippen LogP contribution in [0.2, 0.25) is 0 Å². The number of nitrogens with one attached hydrogen (secondary N) is 1. The summed E-state index contributed by atoms with van der Waals surface area (Å²) in [7, 11) is 0. The summed E-state index contributed by atoms with van der Waals surface area (Å²) in [6, 6.07) is 1.59. The lowest BCUT2D eigenvalue weighted by Crippen LogP contribution is -2.08. The SMILES string of the molecule is Nc1cc(NCCSC(F)(F)F)sn1. The van der Waals surface area contributed by atoms with E-state index >= 15 is 0 Å². The largest absolute Gasteiger partial charge is 0.441 e. The van der Waals surface area contributed by atoms with Gasteiger partial charge in [0, 0.05) is 18.4 Å². The van der Waals surface area contributed by atoms with Crippen molar-refractivity contribution >= 4 is 34.1 Å². The van der Waals surface area contributed by atoms with Crippen LogP contribution >= 0.6 is 23.3 Å². The second kappa shape index (κ2) is 4.74. The van der Waals surface area contributed by atoms with Crippen molar-refractivity contribution < 1.29 is 13.2 Å². The van der Waals surface area contributed by atoms with Gasteiger partial charge in [-0.1, -0.05) is 0 Å². The topological polar surface area (TPSA) is 50.9 Å². The third kappa shape index (κ3) is 4.56. The van der Waals surface area contributed by atoms with E-state index in [2.05, 4.69) is 9.69 Å². The third-order valence-corrected chi connectivity index (χ3v) is 2.69. The fourth-order valence-electron chi connectivity index (χ4n) is 0.713. The Morgan fingerprint density at radius 3 is 2.79 bits per heavy atom. The molecule has 80 valence electrons. The van der Waals surface area contributed by atoms with E-state index in [1.165, 1.54) is 0 Å². The molecule has 0 saturated carbocycles. The van der Waals surface area contributed by atoms with Crippen molar-refractivity contribution in [1.29, 1.82) is 0 Å². The van der Waals surface area contributed by atoms with Gasteiger partial charge in [0.05, 0.1) is 0 Å². The Morgan fingerprint density at radius 1 is 1.57 bits per heavy atom. The van der Waals surface area contributed by atoms with Crippen LogP contribution in [0, 0.1) is 0 Å². The third-order valence-electron chi connectivity index (χ3n) is 1.20. The van der Waals surface area contributed by atoms with Crippen LogP contribution in [0.1, 0.15) is 0 Å². The highest BCUT2D eigenvalue weighted by Gasteiger charge is 2.27. The van der Waals surface area contributed by atoms with Crippen LogP contribution in [0.15, 0.2) is 6.07 Å². The highest BCUT2D eigenvalue weighted by atomic mass is 32.2. The number of hydrogen-bond donors (Lipinski definition) is 2. The highest BCUT2D eigenvalue weighted by molar-refractivity contribution is 8.00. The molecule has 8 heteroatoms. The molecule has 0 aliphatic carbocycles. The van der Waals surface area contributed by atoms with E-state index in [1.54, 1.807) is 6.07 Å². The van der Waals surface area contributed by atoms with Gasteiger partial charge < -0.3 is 11.1 Å². The minimum absolute atomic E-state index is 0.0265. The van der Waals surface area contributed by atoms with E-state index in [1.807, 2.05) is 0 Å². The first kappa shape index (κ1) is 11.4. The van der Waals surface area contributed by atoms with Crippen molar-refractivity contribution in [2.24, 2.45) is 0 Å². The van der Waals surface area contributed by atoms with Crippen molar-refractivity contribution in [1.82, 2.24) is 4.37 Å². The summed E-state index contributed by atoms with van der Waals surface area (Å²) >= 11 is 1.08. The molecule has 0 aliphatic rings. The van der Waals surface area contributed by atoms with Gasteiger partial charge in [-0.05, 0) is 23.3 Å². The summed E-state index contributed by atoms with van der Waals surface area (Å²) < 4.78 is 38.8. The second-order valence-electron chi connectivity index (χ2n) is 2.34. The van der Waals surface area contributed by atoms with E-state index in [-0.39, 0.29) is 24.1 Å². The molecule has 0 unspecified atom stereocenters. The van der Waals surface area contributed by atoms with Crippen LogP contribution in [0.4, 0.5) is 24.0 Å². The standard InChI is InChI=1S/C6H8F3N3S2/c7-6(8,9)13-2-1-11-5-3-4(10)12-14-5/h3,11H,1-2H2,(H2,10,12). The molecule has 1 aromatic rings. The summed E-state index contributed by atoms with van der Waals surface area (Å²) in [5.41, 5.74) is 1.17. The minimum Gasteiger partial charge on any atom is -0.383 e. The molecule has 0 spiro atoms. The van der Waals surface area contributed by atoms with Crippen molar-refractivity contribution in [2.75, 3.05) is 23.3 Å². The van der Waals surface area contributed by atoms with Crippen molar-refractivity contribution in [3.63, 3.8) is 0 Å². The summed E-state index contributed by atoms with van der Waals surface area (Å²) in [4.78, 5) is 0. The molecule has 0 bridgehead atoms. The predicted octanol–water partition coefficient (Wildman–Crippen LogP) is 2.39. The highest BCUT2D eigenvalue weighted by Crippen LogP contribution is 2.29. The van der Waals surface area contributed by atoms with Crippen LogP contribution in [-0.2, 0) is 0 Å². The fraction of sp³-hybridized carbons (Fsp3) is 0.500. The first-order chi connectivity index (χ1) is 6.47. The maximum atomic E-state index is 11.7. The van der Waals surface area contributed by atoms with Crippen LogP contribution in [0.5, 0.6) is 0 Å². The molecule has 0 aliphatic heterocycles. The van der Waals surface area contributed by atoms with Crippen LogP contribution in [-0.4, -0.2) is 22.2 Å². The fourth-order valence-corrected chi connectivity index (χ4v) is 1.75. The number of thioether (sulfide) groups is 1. The molecule has 0 fully saturated rings. The Morgan fingerprint density at radius 2 is 2.29 bits per heavy atom. The molecule has 14 heavy (non-hydrogen) atoms. The second-order valence-corrected chi connectivity index (χ2v) is 4.30. The lowest BCUT2D eigenvalue weighted by atomic mass is 10.6. The first-order valence-corrected chi connectivity index (χ1v) is 5.40. The van der Waals surface area contributed by atoms with Gasteiger partial charge in [-0.25, -0.2) is 0 Å². The lowest BCUT2D eigenvalue weighted by Gasteiger charge is -2.05. The van der Waals surface area contributed by atoms with E-state index < -0.39 is 5.51 Å². The number of halogens is 3. The molecule has 0 radical (unpaired) electrons. The molecular weight excluding hydrogens is 235 g/mol. The molecule has 0 atom stereocenters. The predicted molar refractivity (Wildman–Crippen MR) is 53.5 cm³/mol. The molecule has 0 amide bonds. The van der Waals surface area contributed by atoms with E-state index in [0.29, 0.717) is 10.8 Å². The summed E-state index contributed by atoms with van der Waals surface area (Å²) in [5.74, 6) is 0.349. The molecule has 1 aromatic heterocycles. The minimum atomic E-state index is -4.16. The van der Waals surface area contributed by atoms with Crippen molar-refractivity contribution in [2.45, 2.75) is 5.51 Å². The molecule has 0 aromatic carbocycles. The number of rotatable bonds is 4. The zero-order chi connectivity index (χ0) is 10.6. The maximum Gasteiger partial charge on any atom is 0.441 e. The maximum absolute atomic E-state index is 11.7. The van der Waals surface area contributed by atoms with Crippen LogP contribution in [0.25, 0.3) is 0 Å².